The first-order valence-electron chi connectivity index (χ1n) is 12.2. The first kappa shape index (κ1) is 20.5. The average Bonchev–Trinajstić information content (AvgIpc) is 3.32. The van der Waals surface area contributed by atoms with Gasteiger partial charge < -0.3 is 9.73 Å². The van der Waals surface area contributed by atoms with E-state index >= 15 is 0 Å². The predicted octanol–water partition coefficient (Wildman–Crippen LogP) is 9.82. The Morgan fingerprint density at radius 2 is 1.08 bits per heavy atom. The van der Waals surface area contributed by atoms with Crippen molar-refractivity contribution >= 4 is 44.1 Å². The fourth-order valence-corrected chi connectivity index (χ4v) is 5.09. The standard InChI is InChI=1S/C34H23NO/c1-2-8-23(9-3-1)28-11-6-7-12-29(28)25-14-17-26(18-15-25)35-27-19-21-31-32-20-16-24-10-4-5-13-30(24)34(32)36-33(31)22-27/h1-22,35H. The van der Waals surface area contributed by atoms with Gasteiger partial charge in [-0.1, -0.05) is 97.1 Å². The van der Waals surface area contributed by atoms with Gasteiger partial charge in [-0.25, -0.2) is 0 Å². The van der Waals surface area contributed by atoms with E-state index in [4.69, 9.17) is 4.42 Å². The molecule has 1 N–H and O–H groups in total. The van der Waals surface area contributed by atoms with Crippen LogP contribution in [0.1, 0.15) is 0 Å². The van der Waals surface area contributed by atoms with Gasteiger partial charge in [0.05, 0.1) is 0 Å². The van der Waals surface area contributed by atoms with Crippen molar-refractivity contribution in [3.05, 3.63) is 133 Å². The lowest BCUT2D eigenvalue weighted by molar-refractivity contribution is 0.673. The highest BCUT2D eigenvalue weighted by Crippen LogP contribution is 2.36. The zero-order valence-electron chi connectivity index (χ0n) is 19.6. The van der Waals surface area contributed by atoms with Gasteiger partial charge in [0, 0.05) is 33.6 Å². The molecule has 1 aromatic heterocycles. The minimum absolute atomic E-state index is 0.889. The van der Waals surface area contributed by atoms with Crippen LogP contribution in [0, 0.1) is 0 Å². The second kappa shape index (κ2) is 8.44. The Labute approximate surface area is 209 Å². The zero-order chi connectivity index (χ0) is 23.9. The van der Waals surface area contributed by atoms with E-state index < -0.39 is 0 Å². The molecule has 0 amide bonds. The molecule has 0 aliphatic heterocycles. The third-order valence-electron chi connectivity index (χ3n) is 6.86. The summed E-state index contributed by atoms with van der Waals surface area (Å²) in [5.74, 6) is 0. The molecule has 0 aliphatic carbocycles. The zero-order valence-corrected chi connectivity index (χ0v) is 19.6. The van der Waals surface area contributed by atoms with Crippen LogP contribution in [0.2, 0.25) is 0 Å². The summed E-state index contributed by atoms with van der Waals surface area (Å²) >= 11 is 0. The molecular formula is C34H23NO. The second-order valence-electron chi connectivity index (χ2n) is 9.09. The molecule has 0 fully saturated rings. The van der Waals surface area contributed by atoms with Crippen LogP contribution in [0.25, 0.3) is 55.0 Å². The summed E-state index contributed by atoms with van der Waals surface area (Å²) in [5, 5.41) is 8.16. The maximum Gasteiger partial charge on any atom is 0.143 e. The molecule has 1 heterocycles. The summed E-state index contributed by atoms with van der Waals surface area (Å²) in [6.45, 7) is 0. The molecule has 36 heavy (non-hydrogen) atoms. The van der Waals surface area contributed by atoms with E-state index in [0.29, 0.717) is 0 Å². The van der Waals surface area contributed by atoms with Crippen LogP contribution in [-0.2, 0) is 0 Å². The molecule has 0 atom stereocenters. The maximum absolute atomic E-state index is 6.34. The molecule has 7 rings (SSSR count). The van der Waals surface area contributed by atoms with Crippen molar-refractivity contribution in [3.8, 4) is 22.3 Å². The van der Waals surface area contributed by atoms with E-state index in [2.05, 4.69) is 139 Å². The van der Waals surface area contributed by atoms with Gasteiger partial charge in [0.1, 0.15) is 11.2 Å². The Morgan fingerprint density at radius 1 is 0.444 bits per heavy atom. The van der Waals surface area contributed by atoms with Gasteiger partial charge >= 0.3 is 0 Å². The Kier molecular flexibility index (Phi) is 4.82. The molecule has 0 unspecified atom stereocenters. The van der Waals surface area contributed by atoms with Crippen molar-refractivity contribution in [1.29, 1.82) is 0 Å². The van der Waals surface area contributed by atoms with Crippen LogP contribution in [0.5, 0.6) is 0 Å². The lowest BCUT2D eigenvalue weighted by atomic mass is 9.94. The van der Waals surface area contributed by atoms with E-state index in [1.165, 1.54) is 27.6 Å². The van der Waals surface area contributed by atoms with Crippen LogP contribution >= 0.6 is 0 Å². The van der Waals surface area contributed by atoms with Crippen LogP contribution in [0.15, 0.2) is 138 Å². The number of benzene rings is 6. The largest absolute Gasteiger partial charge is 0.455 e. The molecule has 0 spiro atoms. The van der Waals surface area contributed by atoms with Gasteiger partial charge in [0.15, 0.2) is 0 Å². The van der Waals surface area contributed by atoms with Crippen molar-refractivity contribution in [2.24, 2.45) is 0 Å². The van der Waals surface area contributed by atoms with Crippen molar-refractivity contribution in [1.82, 2.24) is 0 Å². The molecule has 6 aromatic carbocycles. The Morgan fingerprint density at radius 3 is 1.89 bits per heavy atom. The smallest absolute Gasteiger partial charge is 0.143 e. The third kappa shape index (κ3) is 3.52. The fourth-order valence-electron chi connectivity index (χ4n) is 5.09. The second-order valence-corrected chi connectivity index (χ2v) is 9.09. The first-order chi connectivity index (χ1) is 17.8. The molecule has 0 saturated heterocycles. The highest BCUT2D eigenvalue weighted by Gasteiger charge is 2.11. The highest BCUT2D eigenvalue weighted by atomic mass is 16.3. The van der Waals surface area contributed by atoms with Gasteiger partial charge in [-0.15, -0.1) is 0 Å². The van der Waals surface area contributed by atoms with Gasteiger partial charge in [0.25, 0.3) is 0 Å². The van der Waals surface area contributed by atoms with Crippen LogP contribution < -0.4 is 5.32 Å². The van der Waals surface area contributed by atoms with Crippen molar-refractivity contribution < 1.29 is 4.42 Å². The molecule has 7 aromatic rings. The molecule has 0 bridgehead atoms. The Bertz CT molecular complexity index is 1850. The van der Waals surface area contributed by atoms with Crippen molar-refractivity contribution in [3.63, 3.8) is 0 Å². The summed E-state index contributed by atoms with van der Waals surface area (Å²) in [4.78, 5) is 0. The topological polar surface area (TPSA) is 25.2 Å². The van der Waals surface area contributed by atoms with E-state index in [1.54, 1.807) is 0 Å². The average molecular weight is 462 g/mol. The lowest BCUT2D eigenvalue weighted by Gasteiger charge is -2.12. The number of furan rings is 1. The molecule has 0 saturated carbocycles. The normalized spacial score (nSPS) is 11.3. The fraction of sp³-hybridized carbons (Fsp3) is 0. The summed E-state index contributed by atoms with van der Waals surface area (Å²) < 4.78 is 6.34. The Balaban J connectivity index is 1.21. The number of hydrogen-bond donors (Lipinski definition) is 1. The third-order valence-corrected chi connectivity index (χ3v) is 6.86. The molecular weight excluding hydrogens is 438 g/mol. The summed E-state index contributed by atoms with van der Waals surface area (Å²) in [5.41, 5.74) is 8.76. The monoisotopic (exact) mass is 461 g/mol. The van der Waals surface area contributed by atoms with Gasteiger partial charge in [-0.2, -0.15) is 0 Å². The molecule has 0 radical (unpaired) electrons. The van der Waals surface area contributed by atoms with Crippen molar-refractivity contribution in [2.75, 3.05) is 5.32 Å². The summed E-state index contributed by atoms with van der Waals surface area (Å²) in [7, 11) is 0. The lowest BCUT2D eigenvalue weighted by Crippen LogP contribution is -1.90. The number of nitrogens with one attached hydrogen (secondary N) is 1. The van der Waals surface area contributed by atoms with Crippen LogP contribution in [0.3, 0.4) is 0 Å². The van der Waals surface area contributed by atoms with Gasteiger partial charge in [0.2, 0.25) is 0 Å². The van der Waals surface area contributed by atoms with Gasteiger partial charge in [-0.3, -0.25) is 0 Å². The number of hydrogen-bond acceptors (Lipinski definition) is 2. The van der Waals surface area contributed by atoms with E-state index in [-0.39, 0.29) is 0 Å². The minimum Gasteiger partial charge on any atom is -0.455 e. The number of anilines is 2. The summed E-state index contributed by atoms with van der Waals surface area (Å²) in [6, 6.07) is 46.7. The van der Waals surface area contributed by atoms with E-state index in [0.717, 1.165) is 38.7 Å². The molecule has 0 aliphatic rings. The SMILES string of the molecule is c1ccc(-c2ccccc2-c2ccc(Nc3ccc4c(c3)oc3c5ccccc5ccc43)cc2)cc1. The van der Waals surface area contributed by atoms with Crippen LogP contribution in [0.4, 0.5) is 11.4 Å². The van der Waals surface area contributed by atoms with E-state index in [9.17, 15) is 0 Å². The number of rotatable bonds is 4. The predicted molar refractivity (Wildman–Crippen MR) is 152 cm³/mol. The number of fused-ring (bicyclic) bond motifs is 5. The molecule has 170 valence electrons. The minimum atomic E-state index is 0.889. The van der Waals surface area contributed by atoms with Gasteiger partial charge in [-0.05, 0) is 58.0 Å². The Hall–Kier alpha value is -4.82. The summed E-state index contributed by atoms with van der Waals surface area (Å²) in [6.07, 6.45) is 0. The van der Waals surface area contributed by atoms with Crippen LogP contribution in [-0.4, -0.2) is 0 Å². The molecule has 2 heteroatoms. The van der Waals surface area contributed by atoms with Crippen molar-refractivity contribution in [2.45, 2.75) is 0 Å². The highest BCUT2D eigenvalue weighted by molar-refractivity contribution is 6.15. The quantitative estimate of drug-likeness (QED) is 0.282. The van der Waals surface area contributed by atoms with E-state index in [1.807, 2.05) is 0 Å². The maximum atomic E-state index is 6.34. The first-order valence-corrected chi connectivity index (χ1v) is 12.2. The molecule has 2 nitrogen and oxygen atoms in total.